The molecule has 2 nitrogen and oxygen atoms in total. The van der Waals surface area contributed by atoms with Crippen molar-refractivity contribution < 1.29 is 61.8 Å². The van der Waals surface area contributed by atoms with Gasteiger partial charge in [0.05, 0.1) is 22.3 Å². The zero-order valence-corrected chi connectivity index (χ0v) is 30.9. The Hall–Kier alpha value is -5.32. The highest BCUT2D eigenvalue weighted by atomic mass is 31.2. The van der Waals surface area contributed by atoms with E-state index in [1.54, 1.807) is 24.3 Å². The van der Waals surface area contributed by atoms with Gasteiger partial charge in [-0.1, -0.05) is 84.9 Å². The molecule has 0 heterocycles. The normalized spacial score (nSPS) is 13.3. The maximum absolute atomic E-state index is 15.1. The van der Waals surface area contributed by atoms with Crippen LogP contribution >= 0.6 is 14.3 Å². The van der Waals surface area contributed by atoms with Crippen LogP contribution in [0.3, 0.4) is 0 Å². The van der Waals surface area contributed by atoms with Crippen molar-refractivity contribution in [2.45, 2.75) is 24.7 Å². The molecule has 0 saturated carbocycles. The number of hydrogen-bond acceptors (Lipinski definition) is 2. The average Bonchev–Trinajstić information content (AvgIpc) is 3.18. The lowest BCUT2D eigenvalue weighted by Crippen LogP contribution is -2.26. The van der Waals surface area contributed by atoms with E-state index < -0.39 is 61.2 Å². The summed E-state index contributed by atoms with van der Waals surface area (Å²) >= 11 is 0. The average molecular weight is 851 g/mol. The number of rotatable bonds is 6. The molecule has 0 N–H and O–H groups in total. The second-order valence-electron chi connectivity index (χ2n) is 13.3. The molecule has 58 heavy (non-hydrogen) atoms. The highest BCUT2D eigenvalue weighted by Gasteiger charge is 2.38. The summed E-state index contributed by atoms with van der Waals surface area (Å²) in [6, 6.07) is 26.0. The van der Waals surface area contributed by atoms with Gasteiger partial charge in [0, 0.05) is 31.8 Å². The summed E-state index contributed by atoms with van der Waals surface area (Å²) in [6.45, 7) is 0. The molecular weight excluding hydrogens is 826 g/mol. The van der Waals surface area contributed by atoms with Crippen LogP contribution < -0.4 is 31.8 Å². The molecule has 0 aliphatic rings. The highest BCUT2D eigenvalue weighted by molar-refractivity contribution is 7.85. The van der Waals surface area contributed by atoms with Gasteiger partial charge in [0.15, 0.2) is 14.3 Å². The predicted octanol–water partition coefficient (Wildman–Crippen LogP) is 11.3. The Morgan fingerprint density at radius 3 is 0.690 bits per heavy atom. The molecule has 16 heteroatoms. The first-order chi connectivity index (χ1) is 27.0. The van der Waals surface area contributed by atoms with Crippen molar-refractivity contribution in [1.82, 2.24) is 0 Å². The van der Waals surface area contributed by atoms with E-state index in [2.05, 4.69) is 0 Å². The van der Waals surface area contributed by atoms with Crippen molar-refractivity contribution in [3.8, 4) is 0 Å². The van der Waals surface area contributed by atoms with Gasteiger partial charge < -0.3 is 9.13 Å². The molecule has 7 rings (SSSR count). The van der Waals surface area contributed by atoms with Gasteiger partial charge in [-0.25, -0.2) is 0 Å². The Balaban J connectivity index is 1.36. The van der Waals surface area contributed by atoms with Gasteiger partial charge in [-0.15, -0.1) is 0 Å². The number of alkyl halides is 12. The Bertz CT molecular complexity index is 2440. The zero-order chi connectivity index (χ0) is 42.1. The fourth-order valence-corrected chi connectivity index (χ4v) is 12.0. The largest absolute Gasteiger partial charge is 0.416 e. The van der Waals surface area contributed by atoms with E-state index in [0.29, 0.717) is 21.5 Å². The van der Waals surface area contributed by atoms with Gasteiger partial charge in [0.2, 0.25) is 0 Å². The van der Waals surface area contributed by atoms with Gasteiger partial charge in [-0.3, -0.25) is 0 Å². The lowest BCUT2D eigenvalue weighted by molar-refractivity contribution is -0.138. The van der Waals surface area contributed by atoms with E-state index in [1.807, 2.05) is 0 Å². The summed E-state index contributed by atoms with van der Waals surface area (Å²) in [5.41, 5.74) is -4.11. The Morgan fingerprint density at radius 2 is 0.483 bits per heavy atom. The predicted molar refractivity (Wildman–Crippen MR) is 200 cm³/mol. The van der Waals surface area contributed by atoms with Crippen LogP contribution in [-0.4, -0.2) is 0 Å². The van der Waals surface area contributed by atoms with Crippen LogP contribution in [0.4, 0.5) is 52.7 Å². The fourth-order valence-electron chi connectivity index (χ4n) is 6.77. The van der Waals surface area contributed by atoms with Crippen LogP contribution in [-0.2, 0) is 33.8 Å². The maximum atomic E-state index is 15.1. The summed E-state index contributed by atoms with van der Waals surface area (Å²) in [6.07, 6.45) is -18.9. The van der Waals surface area contributed by atoms with Crippen LogP contribution in [0.15, 0.2) is 146 Å². The highest BCUT2D eigenvalue weighted by Crippen LogP contribution is 2.47. The van der Waals surface area contributed by atoms with Crippen molar-refractivity contribution in [2.24, 2.45) is 0 Å². The number of benzene rings is 7. The van der Waals surface area contributed by atoms with Gasteiger partial charge >= 0.3 is 24.7 Å². The quantitative estimate of drug-likeness (QED) is 0.0949. The van der Waals surface area contributed by atoms with E-state index in [0.717, 1.165) is 97.1 Å². The summed E-state index contributed by atoms with van der Waals surface area (Å²) in [4.78, 5) is 0. The zero-order valence-electron chi connectivity index (χ0n) is 29.1. The van der Waals surface area contributed by atoms with E-state index in [1.165, 1.54) is 24.3 Å². The van der Waals surface area contributed by atoms with E-state index in [9.17, 15) is 52.7 Å². The lowest BCUT2D eigenvalue weighted by atomic mass is 10.0. The van der Waals surface area contributed by atoms with Crippen molar-refractivity contribution in [1.29, 1.82) is 0 Å². The van der Waals surface area contributed by atoms with Crippen LogP contribution in [0, 0.1) is 0 Å². The smallest absolute Gasteiger partial charge is 0.309 e. The minimum absolute atomic E-state index is 0.0766. The van der Waals surface area contributed by atoms with Crippen molar-refractivity contribution >= 4 is 67.7 Å². The molecule has 0 fully saturated rings. The van der Waals surface area contributed by atoms with E-state index in [4.69, 9.17) is 0 Å². The Labute approximate surface area is 321 Å². The summed E-state index contributed by atoms with van der Waals surface area (Å²) < 4.78 is 191. The van der Waals surface area contributed by atoms with Crippen LogP contribution in [0.5, 0.6) is 0 Å². The van der Waals surface area contributed by atoms with Crippen LogP contribution in [0.25, 0.3) is 21.5 Å². The van der Waals surface area contributed by atoms with E-state index >= 15 is 9.13 Å². The molecular formula is C42H24F12O2P2. The molecule has 0 radical (unpaired) electrons. The number of fused-ring (bicyclic) bond motifs is 3. The van der Waals surface area contributed by atoms with Crippen molar-refractivity contribution in [2.75, 3.05) is 0 Å². The molecule has 0 aromatic heterocycles. The monoisotopic (exact) mass is 850 g/mol. The third-order valence-corrected chi connectivity index (χ3v) is 15.9. The number of hydrogen-bond donors (Lipinski definition) is 0. The molecule has 0 unspecified atom stereocenters. The first-order valence-electron chi connectivity index (χ1n) is 16.9. The van der Waals surface area contributed by atoms with Crippen molar-refractivity contribution in [3.05, 3.63) is 168 Å². The molecule has 0 saturated heterocycles. The van der Waals surface area contributed by atoms with E-state index in [-0.39, 0.29) is 31.8 Å². The second-order valence-corrected chi connectivity index (χ2v) is 18.8. The molecule has 0 bridgehead atoms. The third kappa shape index (κ3) is 7.44. The van der Waals surface area contributed by atoms with Gasteiger partial charge in [-0.05, 0) is 82.2 Å². The second kappa shape index (κ2) is 14.2. The molecule has 7 aromatic rings. The SMILES string of the molecule is O=P(c1ccc(C(F)(F)F)cc1)(c1ccc(C(F)(F)F)cc1)c1ccc2c(ccc3cc(P(=O)(c4ccc(C(F)(F)F)cc4)c4ccc(C(F)(F)F)cc4)ccc32)c1. The molecule has 7 aromatic carbocycles. The van der Waals surface area contributed by atoms with Gasteiger partial charge in [0.25, 0.3) is 0 Å². The number of halogens is 12. The fraction of sp³-hybridized carbons (Fsp3) is 0.0952. The van der Waals surface area contributed by atoms with Gasteiger partial charge in [0.1, 0.15) is 0 Å². The van der Waals surface area contributed by atoms with Crippen molar-refractivity contribution in [3.63, 3.8) is 0 Å². The first-order valence-corrected chi connectivity index (χ1v) is 20.3. The standard InChI is InChI=1S/C42H24F12O2P2/c43-39(44,45)27-3-11-31(12-4-27)57(55,32-13-5-28(6-14-32)40(46,47)48)35-19-21-37-25(23-35)1-2-26-24-36(20-22-38(26)37)58(56,33-15-7-29(8-16-33)41(49,50)51)34-17-9-30(10-18-34)42(52,53)54/h1-24H. The minimum Gasteiger partial charge on any atom is -0.309 e. The molecule has 0 amide bonds. The lowest BCUT2D eigenvalue weighted by Gasteiger charge is -2.22. The van der Waals surface area contributed by atoms with Crippen LogP contribution in [0.2, 0.25) is 0 Å². The first kappa shape index (κ1) is 40.9. The van der Waals surface area contributed by atoms with Crippen LogP contribution in [0.1, 0.15) is 22.3 Å². The third-order valence-electron chi connectivity index (χ3n) is 9.76. The molecule has 0 aliphatic carbocycles. The Kier molecular flexibility index (Phi) is 10.0. The molecule has 0 atom stereocenters. The molecule has 0 spiro atoms. The minimum atomic E-state index is -4.72. The Morgan fingerprint density at radius 1 is 0.276 bits per heavy atom. The summed E-state index contributed by atoms with van der Waals surface area (Å²) in [5, 5.41) is 1.82. The maximum Gasteiger partial charge on any atom is 0.416 e. The summed E-state index contributed by atoms with van der Waals surface area (Å²) in [5.74, 6) is 0. The summed E-state index contributed by atoms with van der Waals surface area (Å²) in [7, 11) is -8.25. The topological polar surface area (TPSA) is 34.1 Å². The molecule has 298 valence electrons. The van der Waals surface area contributed by atoms with Gasteiger partial charge in [-0.2, -0.15) is 52.7 Å². The molecule has 0 aliphatic heterocycles.